The monoisotopic (exact) mass is 282 g/mol. The molecule has 108 valence electrons. The Labute approximate surface area is 123 Å². The standard InChI is InChI=1S/C18H18O3/c1-12-7-8-16-14(9-12)10-17(21-16)18(19)15-6-4-3-5-13(15)11-20-2/h3-10,18-19H,11H2,1-2H3. The molecule has 0 aliphatic heterocycles. The lowest BCUT2D eigenvalue weighted by Crippen LogP contribution is -2.03. The minimum absolute atomic E-state index is 0.465. The summed E-state index contributed by atoms with van der Waals surface area (Å²) in [5.41, 5.74) is 3.74. The highest BCUT2D eigenvalue weighted by molar-refractivity contribution is 5.78. The topological polar surface area (TPSA) is 42.6 Å². The normalized spacial score (nSPS) is 12.7. The van der Waals surface area contributed by atoms with E-state index in [1.165, 1.54) is 5.56 Å². The number of hydrogen-bond donors (Lipinski definition) is 1. The van der Waals surface area contributed by atoms with Crippen LogP contribution in [0.3, 0.4) is 0 Å². The number of ether oxygens (including phenoxy) is 1. The highest BCUT2D eigenvalue weighted by Crippen LogP contribution is 2.30. The van der Waals surface area contributed by atoms with Crippen LogP contribution in [0.5, 0.6) is 0 Å². The Morgan fingerprint density at radius 2 is 1.95 bits per heavy atom. The number of methoxy groups -OCH3 is 1. The molecule has 21 heavy (non-hydrogen) atoms. The predicted octanol–water partition coefficient (Wildman–Crippen LogP) is 3.97. The lowest BCUT2D eigenvalue weighted by atomic mass is 10.0. The molecule has 0 saturated heterocycles. The van der Waals surface area contributed by atoms with E-state index in [4.69, 9.17) is 9.15 Å². The quantitative estimate of drug-likeness (QED) is 0.787. The van der Waals surface area contributed by atoms with Gasteiger partial charge in [0, 0.05) is 12.5 Å². The molecule has 0 amide bonds. The fraction of sp³-hybridized carbons (Fsp3) is 0.222. The summed E-state index contributed by atoms with van der Waals surface area (Å²) in [7, 11) is 1.65. The van der Waals surface area contributed by atoms with Crippen molar-refractivity contribution < 1.29 is 14.3 Å². The summed E-state index contributed by atoms with van der Waals surface area (Å²) >= 11 is 0. The van der Waals surface area contributed by atoms with Gasteiger partial charge in [0.2, 0.25) is 0 Å². The minimum atomic E-state index is -0.788. The summed E-state index contributed by atoms with van der Waals surface area (Å²) in [6.45, 7) is 2.50. The van der Waals surface area contributed by atoms with Crippen molar-refractivity contribution in [3.63, 3.8) is 0 Å². The van der Waals surface area contributed by atoms with Gasteiger partial charge in [-0.2, -0.15) is 0 Å². The van der Waals surface area contributed by atoms with E-state index in [1.807, 2.05) is 49.4 Å². The van der Waals surface area contributed by atoms with Crippen LogP contribution in [-0.2, 0) is 11.3 Å². The van der Waals surface area contributed by atoms with E-state index in [0.29, 0.717) is 12.4 Å². The number of aliphatic hydroxyl groups is 1. The smallest absolute Gasteiger partial charge is 0.138 e. The largest absolute Gasteiger partial charge is 0.458 e. The van der Waals surface area contributed by atoms with E-state index in [1.54, 1.807) is 7.11 Å². The maximum atomic E-state index is 10.6. The van der Waals surface area contributed by atoms with E-state index in [9.17, 15) is 5.11 Å². The summed E-state index contributed by atoms with van der Waals surface area (Å²) in [5.74, 6) is 0.555. The predicted molar refractivity (Wildman–Crippen MR) is 82.2 cm³/mol. The van der Waals surface area contributed by atoms with Gasteiger partial charge in [0.05, 0.1) is 6.61 Å². The van der Waals surface area contributed by atoms with Gasteiger partial charge in [-0.05, 0) is 36.2 Å². The van der Waals surface area contributed by atoms with Crippen LogP contribution >= 0.6 is 0 Å². The first kappa shape index (κ1) is 13.9. The number of furan rings is 1. The van der Waals surface area contributed by atoms with E-state index in [2.05, 4.69) is 6.07 Å². The van der Waals surface area contributed by atoms with Gasteiger partial charge in [-0.25, -0.2) is 0 Å². The number of rotatable bonds is 4. The van der Waals surface area contributed by atoms with Crippen molar-refractivity contribution in [2.45, 2.75) is 19.6 Å². The van der Waals surface area contributed by atoms with Crippen LogP contribution < -0.4 is 0 Å². The molecule has 3 aromatic rings. The Bertz CT molecular complexity index is 758. The van der Waals surface area contributed by atoms with Crippen LogP contribution in [0.15, 0.2) is 52.9 Å². The number of fused-ring (bicyclic) bond motifs is 1. The molecule has 0 bridgehead atoms. The van der Waals surface area contributed by atoms with Gasteiger partial charge in [0.15, 0.2) is 0 Å². The maximum Gasteiger partial charge on any atom is 0.138 e. The second-order valence-electron chi connectivity index (χ2n) is 5.22. The van der Waals surface area contributed by atoms with Crippen LogP contribution in [0.2, 0.25) is 0 Å². The first-order chi connectivity index (χ1) is 10.2. The summed E-state index contributed by atoms with van der Waals surface area (Å²) in [5, 5.41) is 11.6. The second kappa shape index (κ2) is 5.72. The van der Waals surface area contributed by atoms with Gasteiger partial charge < -0.3 is 14.3 Å². The Hall–Kier alpha value is -2.10. The van der Waals surface area contributed by atoms with E-state index >= 15 is 0 Å². The number of benzene rings is 2. The zero-order valence-electron chi connectivity index (χ0n) is 12.2. The van der Waals surface area contributed by atoms with E-state index in [-0.39, 0.29) is 0 Å². The lowest BCUT2D eigenvalue weighted by molar-refractivity contribution is 0.169. The third kappa shape index (κ3) is 2.71. The average Bonchev–Trinajstić information content (AvgIpc) is 2.90. The summed E-state index contributed by atoms with van der Waals surface area (Å²) in [6, 6.07) is 15.6. The molecule has 0 spiro atoms. The molecule has 0 radical (unpaired) electrons. The van der Waals surface area contributed by atoms with Crippen LogP contribution in [0.4, 0.5) is 0 Å². The fourth-order valence-electron chi connectivity index (χ4n) is 2.56. The maximum absolute atomic E-state index is 10.6. The highest BCUT2D eigenvalue weighted by atomic mass is 16.5. The first-order valence-corrected chi connectivity index (χ1v) is 6.94. The SMILES string of the molecule is COCc1ccccc1C(O)c1cc2cc(C)ccc2o1. The summed E-state index contributed by atoms with van der Waals surface area (Å²) < 4.78 is 11.0. The van der Waals surface area contributed by atoms with E-state index < -0.39 is 6.10 Å². The molecule has 1 atom stereocenters. The minimum Gasteiger partial charge on any atom is -0.458 e. The average molecular weight is 282 g/mol. The van der Waals surface area contributed by atoms with Gasteiger partial charge in [-0.1, -0.05) is 35.9 Å². The Morgan fingerprint density at radius 3 is 2.76 bits per heavy atom. The molecule has 0 fully saturated rings. The Morgan fingerprint density at radius 1 is 1.14 bits per heavy atom. The molecule has 2 aromatic carbocycles. The van der Waals surface area contributed by atoms with Crippen LogP contribution in [0, 0.1) is 6.92 Å². The van der Waals surface area contributed by atoms with Crippen molar-refractivity contribution in [3.8, 4) is 0 Å². The molecule has 1 N–H and O–H groups in total. The fourth-order valence-corrected chi connectivity index (χ4v) is 2.56. The number of aryl methyl sites for hydroxylation is 1. The van der Waals surface area contributed by atoms with Crippen molar-refractivity contribution in [3.05, 3.63) is 71.0 Å². The van der Waals surface area contributed by atoms with Gasteiger partial charge in [0.1, 0.15) is 17.4 Å². The molecule has 0 aliphatic rings. The summed E-state index contributed by atoms with van der Waals surface area (Å²) in [4.78, 5) is 0. The molecule has 3 rings (SSSR count). The van der Waals surface area contributed by atoms with Crippen molar-refractivity contribution in [2.75, 3.05) is 7.11 Å². The number of aliphatic hydroxyl groups excluding tert-OH is 1. The zero-order chi connectivity index (χ0) is 14.8. The van der Waals surface area contributed by atoms with Gasteiger partial charge in [-0.15, -0.1) is 0 Å². The second-order valence-corrected chi connectivity index (χ2v) is 5.22. The Kier molecular flexibility index (Phi) is 3.78. The van der Waals surface area contributed by atoms with Crippen LogP contribution in [0.25, 0.3) is 11.0 Å². The molecule has 1 aromatic heterocycles. The third-order valence-electron chi connectivity index (χ3n) is 3.61. The molecular formula is C18H18O3. The van der Waals surface area contributed by atoms with Crippen molar-refractivity contribution >= 4 is 11.0 Å². The molecule has 1 heterocycles. The highest BCUT2D eigenvalue weighted by Gasteiger charge is 2.18. The molecule has 0 aliphatic carbocycles. The molecule has 3 heteroatoms. The van der Waals surface area contributed by atoms with Crippen LogP contribution in [0.1, 0.15) is 28.6 Å². The van der Waals surface area contributed by atoms with Gasteiger partial charge >= 0.3 is 0 Å². The van der Waals surface area contributed by atoms with Gasteiger partial charge in [-0.3, -0.25) is 0 Å². The van der Waals surface area contributed by atoms with Crippen molar-refractivity contribution in [2.24, 2.45) is 0 Å². The summed E-state index contributed by atoms with van der Waals surface area (Å²) in [6.07, 6.45) is -0.788. The van der Waals surface area contributed by atoms with Crippen molar-refractivity contribution in [1.82, 2.24) is 0 Å². The number of hydrogen-bond acceptors (Lipinski definition) is 3. The molecule has 1 unspecified atom stereocenters. The van der Waals surface area contributed by atoms with Gasteiger partial charge in [0.25, 0.3) is 0 Å². The third-order valence-corrected chi connectivity index (χ3v) is 3.61. The first-order valence-electron chi connectivity index (χ1n) is 6.94. The zero-order valence-corrected chi connectivity index (χ0v) is 12.2. The van der Waals surface area contributed by atoms with Crippen molar-refractivity contribution in [1.29, 1.82) is 0 Å². The molecular weight excluding hydrogens is 264 g/mol. The van der Waals surface area contributed by atoms with Crippen LogP contribution in [-0.4, -0.2) is 12.2 Å². The Balaban J connectivity index is 2.02. The molecule has 3 nitrogen and oxygen atoms in total. The molecule has 0 saturated carbocycles. The lowest BCUT2D eigenvalue weighted by Gasteiger charge is -2.13. The van der Waals surface area contributed by atoms with E-state index in [0.717, 1.165) is 22.1 Å².